The maximum Gasteiger partial charge on any atom is 0.234 e. The Bertz CT molecular complexity index is 1190. The summed E-state index contributed by atoms with van der Waals surface area (Å²) >= 11 is 0. The predicted molar refractivity (Wildman–Crippen MR) is 125 cm³/mol. The van der Waals surface area contributed by atoms with Gasteiger partial charge in [-0.05, 0) is 36.4 Å². The molecule has 2 aromatic rings. The average Bonchev–Trinajstić information content (AvgIpc) is 3.47. The van der Waals surface area contributed by atoms with Crippen LogP contribution >= 0.6 is 0 Å². The van der Waals surface area contributed by atoms with Gasteiger partial charge in [0.2, 0.25) is 17.7 Å². The van der Waals surface area contributed by atoms with E-state index in [1.807, 2.05) is 12.2 Å². The lowest BCUT2D eigenvalue weighted by Gasteiger charge is -2.23. The van der Waals surface area contributed by atoms with E-state index >= 15 is 0 Å². The number of hydrogen-bond donors (Lipinski definition) is 2. The van der Waals surface area contributed by atoms with E-state index < -0.39 is 23.5 Å². The van der Waals surface area contributed by atoms with Gasteiger partial charge < -0.3 is 29.7 Å². The van der Waals surface area contributed by atoms with Gasteiger partial charge in [0.05, 0.1) is 38.7 Å². The Morgan fingerprint density at radius 2 is 1.74 bits per heavy atom. The SMILES string of the molecule is COc1ccc(NC(=O)[C@@H]2[C@H]3C(=O)N(c4ccc(NC(C)=O)cc4)C[C@@]34C=C[C@H]2O4)cc1OC. The van der Waals surface area contributed by atoms with Gasteiger partial charge in [-0.3, -0.25) is 14.4 Å². The standard InChI is InChI=1S/C25H25N3O6/c1-14(29)26-15-4-7-17(8-5-15)28-13-25-11-10-19(34-25)21(22(25)24(28)31)23(30)27-16-6-9-18(32-2)20(12-16)33-3/h4-12,19,21-22H,13H2,1-3H3,(H,26,29)(H,27,30)/t19-,21+,22+,25+/m1/s1. The first-order chi connectivity index (χ1) is 16.3. The van der Waals surface area contributed by atoms with Crippen LogP contribution in [0, 0.1) is 11.8 Å². The fraction of sp³-hybridized carbons (Fsp3) is 0.320. The third-order valence-corrected chi connectivity index (χ3v) is 6.55. The Labute approximate surface area is 196 Å². The Balaban J connectivity index is 1.37. The highest BCUT2D eigenvalue weighted by molar-refractivity contribution is 6.05. The molecule has 176 valence electrons. The van der Waals surface area contributed by atoms with Gasteiger partial charge in [-0.25, -0.2) is 0 Å². The summed E-state index contributed by atoms with van der Waals surface area (Å²) in [6, 6.07) is 12.1. The monoisotopic (exact) mass is 463 g/mol. The van der Waals surface area contributed by atoms with Crippen LogP contribution in [0.1, 0.15) is 6.92 Å². The van der Waals surface area contributed by atoms with Crippen LogP contribution in [-0.2, 0) is 19.1 Å². The second-order valence-corrected chi connectivity index (χ2v) is 8.61. The molecule has 5 rings (SSSR count). The first-order valence-electron chi connectivity index (χ1n) is 10.9. The third kappa shape index (κ3) is 3.49. The number of carbonyl (C=O) groups excluding carboxylic acids is 3. The van der Waals surface area contributed by atoms with E-state index in [-0.39, 0.29) is 17.7 Å². The number of anilines is 3. The Morgan fingerprint density at radius 3 is 2.41 bits per heavy atom. The molecule has 9 heteroatoms. The van der Waals surface area contributed by atoms with Crippen LogP contribution in [0.3, 0.4) is 0 Å². The lowest BCUT2D eigenvalue weighted by molar-refractivity contribution is -0.128. The number of fused-ring (bicyclic) bond motifs is 1. The zero-order valence-electron chi connectivity index (χ0n) is 19.0. The smallest absolute Gasteiger partial charge is 0.234 e. The summed E-state index contributed by atoms with van der Waals surface area (Å²) in [4.78, 5) is 39.8. The van der Waals surface area contributed by atoms with Crippen molar-refractivity contribution in [3.63, 3.8) is 0 Å². The summed E-state index contributed by atoms with van der Waals surface area (Å²) in [7, 11) is 3.07. The van der Waals surface area contributed by atoms with Crippen molar-refractivity contribution in [2.45, 2.75) is 18.6 Å². The Kier molecular flexibility index (Phi) is 5.28. The van der Waals surface area contributed by atoms with E-state index in [1.54, 1.807) is 54.5 Å². The quantitative estimate of drug-likeness (QED) is 0.638. The number of nitrogens with one attached hydrogen (secondary N) is 2. The van der Waals surface area contributed by atoms with Crippen molar-refractivity contribution in [1.82, 2.24) is 0 Å². The highest BCUT2D eigenvalue weighted by Crippen LogP contribution is 2.53. The molecular formula is C25H25N3O6. The number of amides is 3. The molecule has 2 saturated heterocycles. The number of methoxy groups -OCH3 is 2. The van der Waals surface area contributed by atoms with Crippen molar-refractivity contribution in [3.8, 4) is 11.5 Å². The molecule has 2 N–H and O–H groups in total. The topological polar surface area (TPSA) is 106 Å². The normalized spacial score (nSPS) is 26.4. The van der Waals surface area contributed by atoms with Crippen molar-refractivity contribution in [1.29, 1.82) is 0 Å². The summed E-state index contributed by atoms with van der Waals surface area (Å²) in [5.41, 5.74) is 1.03. The molecule has 2 fully saturated rings. The largest absolute Gasteiger partial charge is 0.493 e. The van der Waals surface area contributed by atoms with Crippen LogP contribution in [0.4, 0.5) is 17.1 Å². The fourth-order valence-electron chi connectivity index (χ4n) is 5.08. The molecule has 3 aliphatic rings. The van der Waals surface area contributed by atoms with E-state index in [1.165, 1.54) is 14.0 Å². The molecule has 34 heavy (non-hydrogen) atoms. The Hall–Kier alpha value is -3.85. The molecule has 3 aliphatic heterocycles. The second kappa shape index (κ2) is 8.18. The van der Waals surface area contributed by atoms with Gasteiger partial charge in [0.25, 0.3) is 0 Å². The van der Waals surface area contributed by atoms with E-state index in [2.05, 4.69) is 10.6 Å². The molecular weight excluding hydrogens is 438 g/mol. The molecule has 9 nitrogen and oxygen atoms in total. The summed E-state index contributed by atoms with van der Waals surface area (Å²) in [6.45, 7) is 1.76. The number of rotatable bonds is 6. The fourth-order valence-corrected chi connectivity index (χ4v) is 5.08. The summed E-state index contributed by atoms with van der Waals surface area (Å²) in [5.74, 6) is -0.857. The van der Waals surface area contributed by atoms with Crippen molar-refractivity contribution in [2.24, 2.45) is 11.8 Å². The minimum Gasteiger partial charge on any atom is -0.493 e. The van der Waals surface area contributed by atoms with Gasteiger partial charge in [0.15, 0.2) is 11.5 Å². The van der Waals surface area contributed by atoms with Crippen LogP contribution in [-0.4, -0.2) is 50.2 Å². The molecule has 3 heterocycles. The van der Waals surface area contributed by atoms with Gasteiger partial charge in [-0.1, -0.05) is 12.2 Å². The number of ether oxygens (including phenoxy) is 3. The van der Waals surface area contributed by atoms with Crippen LogP contribution in [0.25, 0.3) is 0 Å². The zero-order chi connectivity index (χ0) is 24.0. The first kappa shape index (κ1) is 22.0. The molecule has 0 aromatic heterocycles. The van der Waals surface area contributed by atoms with Gasteiger partial charge >= 0.3 is 0 Å². The molecule has 0 unspecified atom stereocenters. The summed E-state index contributed by atoms with van der Waals surface area (Å²) < 4.78 is 16.8. The van der Waals surface area contributed by atoms with Gasteiger partial charge in [-0.15, -0.1) is 0 Å². The van der Waals surface area contributed by atoms with Crippen molar-refractivity contribution < 1.29 is 28.6 Å². The maximum atomic E-state index is 13.5. The van der Waals surface area contributed by atoms with E-state index in [9.17, 15) is 14.4 Å². The van der Waals surface area contributed by atoms with Crippen LogP contribution in [0.15, 0.2) is 54.6 Å². The van der Waals surface area contributed by atoms with E-state index in [0.717, 1.165) is 0 Å². The van der Waals surface area contributed by atoms with Crippen LogP contribution < -0.4 is 25.0 Å². The molecule has 0 radical (unpaired) electrons. The third-order valence-electron chi connectivity index (χ3n) is 6.55. The van der Waals surface area contributed by atoms with Gasteiger partial charge in [0.1, 0.15) is 5.60 Å². The van der Waals surface area contributed by atoms with E-state index in [4.69, 9.17) is 14.2 Å². The molecule has 1 spiro atoms. The number of benzene rings is 2. The minimum absolute atomic E-state index is 0.161. The molecule has 0 saturated carbocycles. The maximum absolute atomic E-state index is 13.5. The van der Waals surface area contributed by atoms with Crippen molar-refractivity contribution >= 4 is 34.8 Å². The lowest BCUT2D eigenvalue weighted by atomic mass is 9.77. The number of nitrogens with zero attached hydrogens (tertiary/aromatic N) is 1. The van der Waals surface area contributed by atoms with Crippen LogP contribution in [0.5, 0.6) is 11.5 Å². The molecule has 3 amide bonds. The minimum atomic E-state index is -0.836. The molecule has 2 bridgehead atoms. The van der Waals surface area contributed by atoms with Gasteiger partial charge in [-0.2, -0.15) is 0 Å². The molecule has 0 aliphatic carbocycles. The highest BCUT2D eigenvalue weighted by Gasteiger charge is 2.67. The van der Waals surface area contributed by atoms with Crippen molar-refractivity contribution in [3.05, 3.63) is 54.6 Å². The summed E-state index contributed by atoms with van der Waals surface area (Å²) in [5, 5.41) is 5.62. The second-order valence-electron chi connectivity index (χ2n) is 8.61. The Morgan fingerprint density at radius 1 is 1.03 bits per heavy atom. The number of carbonyl (C=O) groups is 3. The van der Waals surface area contributed by atoms with Crippen LogP contribution in [0.2, 0.25) is 0 Å². The van der Waals surface area contributed by atoms with E-state index in [0.29, 0.717) is 35.1 Å². The zero-order valence-corrected chi connectivity index (χ0v) is 19.0. The molecule has 2 aromatic carbocycles. The summed E-state index contributed by atoms with van der Waals surface area (Å²) in [6.07, 6.45) is 3.32. The van der Waals surface area contributed by atoms with Crippen molar-refractivity contribution in [2.75, 3.05) is 36.3 Å². The average molecular weight is 463 g/mol. The van der Waals surface area contributed by atoms with Gasteiger partial charge in [0, 0.05) is 30.1 Å². The molecule has 4 atom stereocenters. The first-order valence-corrected chi connectivity index (χ1v) is 10.9. The predicted octanol–water partition coefficient (Wildman–Crippen LogP) is 2.59. The highest BCUT2D eigenvalue weighted by atomic mass is 16.5. The lowest BCUT2D eigenvalue weighted by Crippen LogP contribution is -2.41. The number of hydrogen-bond acceptors (Lipinski definition) is 6.